The minimum Gasteiger partial charge on any atom is -0.492 e. The van der Waals surface area contributed by atoms with Gasteiger partial charge in [-0.1, -0.05) is 36.4 Å². The first kappa shape index (κ1) is 35.0. The summed E-state index contributed by atoms with van der Waals surface area (Å²) in [6.07, 6.45) is -5.13. The molecule has 0 radical (unpaired) electrons. The maximum absolute atomic E-state index is 13.8. The second-order valence-corrected chi connectivity index (χ2v) is 12.8. The number of alkyl halides is 3. The standard InChI is InChI=1S/C33H36F3N3O8S/c1-3-45-28-19-26(38-13-15-44-16-14-38)29(46-4-2)18-25(28)37-31(40)21-47-32(41)27-17-22-9-5-6-10-23(22)20-39(27)48(42,43)30-12-8-7-11-24(30)33(34,35)36/h5-12,18-19,27H,3-4,13-17,20-21H2,1-2H3,(H,37,40)/t27-/m1/s1. The Kier molecular flexibility index (Phi) is 10.8. The fraction of sp³-hybridized carbons (Fsp3) is 0.394. The molecule has 0 bridgehead atoms. The van der Waals surface area contributed by atoms with Crippen LogP contribution in [0.3, 0.4) is 0 Å². The molecule has 1 fully saturated rings. The fourth-order valence-corrected chi connectivity index (χ4v) is 7.44. The van der Waals surface area contributed by atoms with Crippen LogP contribution in [0.15, 0.2) is 65.6 Å². The van der Waals surface area contributed by atoms with Gasteiger partial charge in [0, 0.05) is 38.2 Å². The van der Waals surface area contributed by atoms with E-state index in [-0.39, 0.29) is 18.7 Å². The van der Waals surface area contributed by atoms with E-state index in [9.17, 15) is 31.2 Å². The molecule has 0 aromatic heterocycles. The zero-order valence-corrected chi connectivity index (χ0v) is 27.2. The topological polar surface area (TPSA) is 124 Å². The first-order valence-electron chi connectivity index (χ1n) is 15.4. The summed E-state index contributed by atoms with van der Waals surface area (Å²) in [5, 5.41) is 2.67. The number of anilines is 2. The van der Waals surface area contributed by atoms with E-state index < -0.39 is 51.2 Å². The number of carbonyl (C=O) groups is 2. The zero-order chi connectivity index (χ0) is 34.5. The first-order valence-corrected chi connectivity index (χ1v) is 16.9. The minimum absolute atomic E-state index is 0.167. The highest BCUT2D eigenvalue weighted by molar-refractivity contribution is 7.89. The number of ether oxygens (including phenoxy) is 4. The van der Waals surface area contributed by atoms with Crippen LogP contribution in [-0.2, 0) is 48.2 Å². The molecule has 0 saturated carbocycles. The van der Waals surface area contributed by atoms with Crippen LogP contribution in [0.25, 0.3) is 0 Å². The van der Waals surface area contributed by atoms with E-state index in [0.717, 1.165) is 17.8 Å². The predicted molar refractivity (Wildman–Crippen MR) is 170 cm³/mol. The van der Waals surface area contributed by atoms with E-state index in [0.29, 0.717) is 72.5 Å². The minimum atomic E-state index is -4.96. The maximum Gasteiger partial charge on any atom is 0.417 e. The fourth-order valence-electron chi connectivity index (χ4n) is 5.67. The summed E-state index contributed by atoms with van der Waals surface area (Å²) >= 11 is 0. The van der Waals surface area contributed by atoms with Gasteiger partial charge in [0.1, 0.15) is 17.5 Å². The van der Waals surface area contributed by atoms with Crippen molar-refractivity contribution in [1.29, 1.82) is 0 Å². The third kappa shape index (κ3) is 7.69. The van der Waals surface area contributed by atoms with Crippen molar-refractivity contribution in [2.45, 2.75) is 43.9 Å². The Morgan fingerprint density at radius 3 is 2.27 bits per heavy atom. The van der Waals surface area contributed by atoms with Gasteiger partial charge in [0.15, 0.2) is 6.61 Å². The summed E-state index contributed by atoms with van der Waals surface area (Å²) in [7, 11) is -4.87. The molecule has 1 N–H and O–H groups in total. The van der Waals surface area contributed by atoms with E-state index in [1.807, 2.05) is 6.92 Å². The lowest BCUT2D eigenvalue weighted by molar-refractivity contribution is -0.151. The van der Waals surface area contributed by atoms with Gasteiger partial charge in [-0.3, -0.25) is 9.59 Å². The van der Waals surface area contributed by atoms with Gasteiger partial charge in [0.2, 0.25) is 10.0 Å². The van der Waals surface area contributed by atoms with E-state index >= 15 is 0 Å². The lowest BCUT2D eigenvalue weighted by Gasteiger charge is -2.34. The Labute approximate surface area is 276 Å². The van der Waals surface area contributed by atoms with Crippen LogP contribution in [0, 0.1) is 0 Å². The molecule has 2 aliphatic rings. The molecular weight excluding hydrogens is 655 g/mol. The average molecular weight is 692 g/mol. The van der Waals surface area contributed by atoms with Crippen molar-refractivity contribution in [3.05, 3.63) is 77.4 Å². The Morgan fingerprint density at radius 2 is 1.58 bits per heavy atom. The highest BCUT2D eigenvalue weighted by Gasteiger charge is 2.44. The number of carbonyl (C=O) groups excluding carboxylic acids is 2. The lowest BCUT2D eigenvalue weighted by atomic mass is 9.96. The van der Waals surface area contributed by atoms with Crippen LogP contribution in [-0.4, -0.2) is 76.8 Å². The van der Waals surface area contributed by atoms with Gasteiger partial charge >= 0.3 is 12.1 Å². The van der Waals surface area contributed by atoms with Gasteiger partial charge in [-0.15, -0.1) is 0 Å². The third-order valence-corrected chi connectivity index (χ3v) is 9.80. The number of halogens is 3. The summed E-state index contributed by atoms with van der Waals surface area (Å²) in [5.74, 6) is -0.989. The highest BCUT2D eigenvalue weighted by atomic mass is 32.2. The monoisotopic (exact) mass is 691 g/mol. The Balaban J connectivity index is 1.37. The molecule has 0 unspecified atom stereocenters. The average Bonchev–Trinajstić information content (AvgIpc) is 3.08. The molecule has 48 heavy (non-hydrogen) atoms. The Morgan fingerprint density at radius 1 is 0.938 bits per heavy atom. The number of nitrogens with zero attached hydrogens (tertiary/aromatic N) is 2. The van der Waals surface area contributed by atoms with Crippen LogP contribution in [0.1, 0.15) is 30.5 Å². The molecular formula is C33H36F3N3O8S. The summed E-state index contributed by atoms with van der Waals surface area (Å²) in [6.45, 7) is 5.43. The molecule has 5 rings (SSSR count). The van der Waals surface area contributed by atoms with Crippen molar-refractivity contribution in [1.82, 2.24) is 4.31 Å². The van der Waals surface area contributed by atoms with Gasteiger partial charge in [-0.05, 0) is 37.1 Å². The van der Waals surface area contributed by atoms with Crippen molar-refractivity contribution >= 4 is 33.3 Å². The predicted octanol–water partition coefficient (Wildman–Crippen LogP) is 4.64. The van der Waals surface area contributed by atoms with Crippen molar-refractivity contribution in [3.63, 3.8) is 0 Å². The van der Waals surface area contributed by atoms with E-state index in [2.05, 4.69) is 10.2 Å². The zero-order valence-electron chi connectivity index (χ0n) is 26.4. The van der Waals surface area contributed by atoms with E-state index in [1.54, 1.807) is 43.3 Å². The largest absolute Gasteiger partial charge is 0.492 e. The molecule has 11 nitrogen and oxygen atoms in total. The van der Waals surface area contributed by atoms with Crippen LogP contribution < -0.4 is 19.7 Å². The number of sulfonamides is 1. The summed E-state index contributed by atoms with van der Waals surface area (Å²) in [5.41, 5.74) is 0.828. The second kappa shape index (κ2) is 14.8. The number of morpholine rings is 1. The SMILES string of the molecule is CCOc1cc(N2CCOCC2)c(OCC)cc1NC(=O)COC(=O)[C@H]1Cc2ccccc2CN1S(=O)(=O)c1ccccc1C(F)(F)F. The van der Waals surface area contributed by atoms with Gasteiger partial charge in [-0.25, -0.2) is 8.42 Å². The number of esters is 1. The molecule has 3 aromatic rings. The van der Waals surface area contributed by atoms with Crippen molar-refractivity contribution < 1.29 is 50.1 Å². The van der Waals surface area contributed by atoms with Crippen molar-refractivity contribution in [3.8, 4) is 11.5 Å². The number of rotatable bonds is 11. The van der Waals surface area contributed by atoms with Gasteiger partial charge in [0.25, 0.3) is 5.91 Å². The van der Waals surface area contributed by atoms with Gasteiger partial charge < -0.3 is 29.2 Å². The van der Waals surface area contributed by atoms with Crippen LogP contribution in [0.2, 0.25) is 0 Å². The summed E-state index contributed by atoms with van der Waals surface area (Å²) in [4.78, 5) is 27.7. The Hall–Kier alpha value is -4.34. The van der Waals surface area contributed by atoms with E-state index in [4.69, 9.17) is 18.9 Å². The lowest BCUT2D eigenvalue weighted by Crippen LogP contribution is -2.49. The molecule has 0 aliphatic carbocycles. The number of nitrogens with one attached hydrogen (secondary N) is 1. The quantitative estimate of drug-likeness (QED) is 0.287. The number of hydrogen-bond acceptors (Lipinski definition) is 9. The number of fused-ring (bicyclic) bond motifs is 1. The van der Waals surface area contributed by atoms with Gasteiger partial charge in [-0.2, -0.15) is 17.5 Å². The highest BCUT2D eigenvalue weighted by Crippen LogP contribution is 2.40. The Bertz CT molecular complexity index is 1750. The smallest absolute Gasteiger partial charge is 0.417 e. The molecule has 1 atom stereocenters. The summed E-state index contributed by atoms with van der Waals surface area (Å²) in [6, 6.07) is 12.3. The number of benzene rings is 3. The van der Waals surface area contributed by atoms with Crippen LogP contribution >= 0.6 is 0 Å². The summed E-state index contributed by atoms with van der Waals surface area (Å²) < 4.78 is 92.2. The maximum atomic E-state index is 13.8. The van der Waals surface area contributed by atoms with Crippen LogP contribution in [0.5, 0.6) is 11.5 Å². The second-order valence-electron chi connectivity index (χ2n) is 11.0. The number of amides is 1. The first-order chi connectivity index (χ1) is 22.9. The molecule has 0 spiro atoms. The molecule has 1 saturated heterocycles. The van der Waals surface area contributed by atoms with E-state index in [1.165, 1.54) is 6.07 Å². The molecule has 1 amide bonds. The molecule has 15 heteroatoms. The molecule has 2 heterocycles. The molecule has 258 valence electrons. The van der Waals surface area contributed by atoms with Crippen molar-refractivity contribution in [2.75, 3.05) is 56.3 Å². The third-order valence-electron chi connectivity index (χ3n) is 7.89. The molecule has 3 aromatic carbocycles. The molecule has 2 aliphatic heterocycles. The number of hydrogen-bond donors (Lipinski definition) is 1. The van der Waals surface area contributed by atoms with Crippen molar-refractivity contribution in [2.24, 2.45) is 0 Å². The normalized spacial score (nSPS) is 16.9. The van der Waals surface area contributed by atoms with Crippen LogP contribution in [0.4, 0.5) is 24.5 Å². The van der Waals surface area contributed by atoms with Gasteiger partial charge in [0.05, 0.1) is 48.3 Å².